The predicted molar refractivity (Wildman–Crippen MR) is 126 cm³/mol. The average Bonchev–Trinajstić information content (AvgIpc) is 2.88. The zero-order valence-electron chi connectivity index (χ0n) is 20.1. The van der Waals surface area contributed by atoms with Crippen molar-refractivity contribution in [2.24, 2.45) is 0 Å². The van der Waals surface area contributed by atoms with E-state index in [1.54, 1.807) is 26.2 Å². The fraction of sp³-hybridized carbons (Fsp3) is 0.481. The largest absolute Gasteiger partial charge is 0.416 e. The third kappa shape index (κ3) is 5.37. The van der Waals surface area contributed by atoms with E-state index in [1.807, 2.05) is 34.1 Å². The van der Waals surface area contributed by atoms with Crippen molar-refractivity contribution in [2.75, 3.05) is 33.3 Å². The summed E-state index contributed by atoms with van der Waals surface area (Å²) in [6.07, 6.45) is -1.50. The number of methoxy groups -OCH3 is 1. The molecule has 4 rings (SSSR count). The molecule has 8 heteroatoms. The quantitative estimate of drug-likeness (QED) is 0.594. The Kier molecular flexibility index (Phi) is 7.22. The van der Waals surface area contributed by atoms with Crippen LogP contribution in [0.25, 0.3) is 0 Å². The number of halogens is 3. The predicted octanol–water partition coefficient (Wildman–Crippen LogP) is 5.21. The van der Waals surface area contributed by atoms with Gasteiger partial charge in [-0.05, 0) is 67.0 Å². The molecule has 2 amide bonds. The van der Waals surface area contributed by atoms with Crippen LogP contribution in [0.5, 0.6) is 0 Å². The molecule has 35 heavy (non-hydrogen) atoms. The molecule has 2 fully saturated rings. The van der Waals surface area contributed by atoms with E-state index in [9.17, 15) is 22.8 Å². The maximum absolute atomic E-state index is 13.1. The second-order valence-electron chi connectivity index (χ2n) is 9.47. The number of hydrogen-bond donors (Lipinski definition) is 0. The third-order valence-electron chi connectivity index (χ3n) is 7.56. The summed E-state index contributed by atoms with van der Waals surface area (Å²) in [5, 5.41) is 0. The van der Waals surface area contributed by atoms with Gasteiger partial charge in [-0.3, -0.25) is 9.59 Å². The van der Waals surface area contributed by atoms with Crippen molar-refractivity contribution in [2.45, 2.75) is 50.3 Å². The van der Waals surface area contributed by atoms with Crippen LogP contribution in [0.4, 0.5) is 13.2 Å². The molecule has 5 nitrogen and oxygen atoms in total. The van der Waals surface area contributed by atoms with Crippen LogP contribution in [0.2, 0.25) is 0 Å². The number of alkyl halides is 3. The van der Waals surface area contributed by atoms with E-state index in [1.165, 1.54) is 0 Å². The average molecular weight is 489 g/mol. The van der Waals surface area contributed by atoms with Crippen LogP contribution in [0, 0.1) is 0 Å². The lowest BCUT2D eigenvalue weighted by Gasteiger charge is -2.41. The van der Waals surface area contributed by atoms with Gasteiger partial charge in [0.1, 0.15) is 0 Å². The normalized spacial score (nSPS) is 19.0. The highest BCUT2D eigenvalue weighted by atomic mass is 19.4. The van der Waals surface area contributed by atoms with Gasteiger partial charge in [0.05, 0.1) is 11.2 Å². The van der Waals surface area contributed by atoms with Gasteiger partial charge in [0.15, 0.2) is 0 Å². The summed E-state index contributed by atoms with van der Waals surface area (Å²) < 4.78 is 44.3. The Morgan fingerprint density at radius 2 is 1.46 bits per heavy atom. The summed E-state index contributed by atoms with van der Waals surface area (Å²) in [7, 11) is 1.68. The number of piperidine rings is 2. The van der Waals surface area contributed by atoms with Crippen LogP contribution in [-0.2, 0) is 21.3 Å². The van der Waals surface area contributed by atoms with E-state index in [-0.39, 0.29) is 17.7 Å². The minimum atomic E-state index is -4.33. The van der Waals surface area contributed by atoms with Crippen molar-refractivity contribution in [3.05, 3.63) is 70.8 Å². The van der Waals surface area contributed by atoms with E-state index in [4.69, 9.17) is 4.74 Å². The molecule has 2 aliphatic heterocycles. The molecule has 2 aliphatic rings. The summed E-state index contributed by atoms with van der Waals surface area (Å²) in [6.45, 7) is 3.98. The minimum Gasteiger partial charge on any atom is -0.373 e. The first-order valence-electron chi connectivity index (χ1n) is 12.0. The molecule has 0 N–H and O–H groups in total. The standard InChI is InChI=1S/C27H31F3N2O3/c1-19(33)31-17-13-26(35-2,14-18-31)23-7-5-22(6-8-23)25(34)32-15-11-21(12-16-32)20-3-9-24(10-4-20)27(28,29)30/h3-10,21H,11-18H2,1-2H3. The molecule has 188 valence electrons. The number of rotatable bonds is 4. The number of hydrogen-bond acceptors (Lipinski definition) is 3. The second-order valence-corrected chi connectivity index (χ2v) is 9.47. The summed E-state index contributed by atoms with van der Waals surface area (Å²) in [5.41, 5.74) is 1.38. The van der Waals surface area contributed by atoms with Crippen molar-refractivity contribution in [3.63, 3.8) is 0 Å². The highest BCUT2D eigenvalue weighted by molar-refractivity contribution is 5.94. The van der Waals surface area contributed by atoms with E-state index in [0.29, 0.717) is 57.4 Å². The number of amides is 2. The molecule has 0 atom stereocenters. The molecule has 2 aromatic rings. The molecule has 0 saturated carbocycles. The first-order chi connectivity index (χ1) is 16.6. The van der Waals surface area contributed by atoms with Crippen molar-refractivity contribution >= 4 is 11.8 Å². The van der Waals surface area contributed by atoms with Crippen LogP contribution in [0.15, 0.2) is 48.5 Å². The summed E-state index contributed by atoms with van der Waals surface area (Å²) in [5.74, 6) is 0.171. The monoisotopic (exact) mass is 488 g/mol. The van der Waals surface area contributed by atoms with Gasteiger partial charge in [-0.1, -0.05) is 24.3 Å². The van der Waals surface area contributed by atoms with Gasteiger partial charge in [-0.25, -0.2) is 0 Å². The highest BCUT2D eigenvalue weighted by Crippen LogP contribution is 2.37. The summed E-state index contributed by atoms with van der Waals surface area (Å²) >= 11 is 0. The van der Waals surface area contributed by atoms with Gasteiger partial charge < -0.3 is 14.5 Å². The Hall–Kier alpha value is -2.87. The van der Waals surface area contributed by atoms with E-state index in [0.717, 1.165) is 23.3 Å². The summed E-state index contributed by atoms with van der Waals surface area (Å²) in [6, 6.07) is 12.9. The van der Waals surface area contributed by atoms with Crippen LogP contribution in [0.1, 0.15) is 65.6 Å². The molecule has 2 saturated heterocycles. The van der Waals surface area contributed by atoms with Gasteiger partial charge in [-0.15, -0.1) is 0 Å². The SMILES string of the molecule is COC1(c2ccc(C(=O)N3CCC(c4ccc(C(F)(F)F)cc4)CC3)cc2)CCN(C(C)=O)CC1. The van der Waals surface area contributed by atoms with Crippen molar-refractivity contribution in [1.29, 1.82) is 0 Å². The lowest BCUT2D eigenvalue weighted by atomic mass is 9.83. The molecule has 0 aliphatic carbocycles. The molecular weight excluding hydrogens is 457 g/mol. The maximum Gasteiger partial charge on any atom is 0.416 e. The zero-order valence-corrected chi connectivity index (χ0v) is 20.1. The lowest BCUT2D eigenvalue weighted by molar-refractivity contribution is -0.137. The number of carbonyl (C=O) groups is 2. The van der Waals surface area contributed by atoms with Crippen LogP contribution in [0.3, 0.4) is 0 Å². The van der Waals surface area contributed by atoms with Crippen LogP contribution < -0.4 is 0 Å². The first kappa shape index (κ1) is 25.2. The molecule has 0 aromatic heterocycles. The van der Waals surface area contributed by atoms with Gasteiger partial charge in [0.25, 0.3) is 5.91 Å². The smallest absolute Gasteiger partial charge is 0.373 e. The molecule has 2 heterocycles. The molecule has 0 radical (unpaired) electrons. The molecule has 0 spiro atoms. The third-order valence-corrected chi connectivity index (χ3v) is 7.56. The van der Waals surface area contributed by atoms with E-state index < -0.39 is 17.3 Å². The number of benzene rings is 2. The van der Waals surface area contributed by atoms with Crippen LogP contribution in [-0.4, -0.2) is 54.9 Å². The summed E-state index contributed by atoms with van der Waals surface area (Å²) in [4.78, 5) is 28.4. The molecule has 0 unspecified atom stereocenters. The van der Waals surface area contributed by atoms with E-state index in [2.05, 4.69) is 0 Å². The van der Waals surface area contributed by atoms with Gasteiger partial charge in [0, 0.05) is 45.8 Å². The minimum absolute atomic E-state index is 0.0414. The van der Waals surface area contributed by atoms with Gasteiger partial charge >= 0.3 is 6.18 Å². The molecular formula is C27H31F3N2O3. The number of ether oxygens (including phenoxy) is 1. The number of nitrogens with zero attached hydrogens (tertiary/aromatic N) is 2. The van der Waals surface area contributed by atoms with E-state index >= 15 is 0 Å². The Morgan fingerprint density at radius 3 is 1.94 bits per heavy atom. The molecule has 0 bridgehead atoms. The second kappa shape index (κ2) is 10.0. The first-order valence-corrected chi connectivity index (χ1v) is 12.0. The topological polar surface area (TPSA) is 49.9 Å². The lowest BCUT2D eigenvalue weighted by Crippen LogP contribution is -2.45. The Balaban J connectivity index is 1.36. The van der Waals surface area contributed by atoms with Crippen molar-refractivity contribution in [3.8, 4) is 0 Å². The Labute approximate surface area is 203 Å². The highest BCUT2D eigenvalue weighted by Gasteiger charge is 2.37. The fourth-order valence-electron chi connectivity index (χ4n) is 5.25. The van der Waals surface area contributed by atoms with Gasteiger partial charge in [0.2, 0.25) is 5.91 Å². The van der Waals surface area contributed by atoms with Crippen molar-refractivity contribution < 1.29 is 27.5 Å². The zero-order chi connectivity index (χ0) is 25.2. The van der Waals surface area contributed by atoms with Gasteiger partial charge in [-0.2, -0.15) is 13.2 Å². The maximum atomic E-state index is 13.1. The van der Waals surface area contributed by atoms with Crippen LogP contribution >= 0.6 is 0 Å². The molecule has 2 aromatic carbocycles. The Bertz CT molecular complexity index is 1030. The Morgan fingerprint density at radius 1 is 0.886 bits per heavy atom. The number of carbonyl (C=O) groups excluding carboxylic acids is 2. The number of likely N-dealkylation sites (tertiary alicyclic amines) is 2. The van der Waals surface area contributed by atoms with Crippen molar-refractivity contribution in [1.82, 2.24) is 9.80 Å². The fourth-order valence-corrected chi connectivity index (χ4v) is 5.25.